The number of carbonyl (C=O) groups is 1. The number of para-hydroxylation sites is 3. The Morgan fingerprint density at radius 2 is 1.71 bits per heavy atom. The summed E-state index contributed by atoms with van der Waals surface area (Å²) in [7, 11) is 0. The van der Waals surface area contributed by atoms with Crippen LogP contribution >= 0.6 is 11.8 Å². The van der Waals surface area contributed by atoms with Gasteiger partial charge in [0.2, 0.25) is 5.91 Å². The largest absolute Gasteiger partial charge is 0.361 e. The van der Waals surface area contributed by atoms with Crippen molar-refractivity contribution >= 4 is 40.3 Å². The Bertz CT molecular complexity index is 1260. The molecule has 0 bridgehead atoms. The first kappa shape index (κ1) is 19.5. The normalized spacial score (nSPS) is 17.8. The van der Waals surface area contributed by atoms with Crippen molar-refractivity contribution < 1.29 is 9.36 Å². The van der Waals surface area contributed by atoms with Gasteiger partial charge in [-0.05, 0) is 48.2 Å². The highest BCUT2D eigenvalue weighted by Crippen LogP contribution is 2.36. The molecule has 1 amide bonds. The van der Waals surface area contributed by atoms with Crippen molar-refractivity contribution in [2.24, 2.45) is 5.92 Å². The van der Waals surface area contributed by atoms with E-state index in [9.17, 15) is 4.79 Å². The summed E-state index contributed by atoms with van der Waals surface area (Å²) >= 11 is 1.70. The minimum atomic E-state index is -0.489. The van der Waals surface area contributed by atoms with Gasteiger partial charge < -0.3 is 5.32 Å². The number of aromatic amines is 1. The summed E-state index contributed by atoms with van der Waals surface area (Å²) < 4.78 is 2.17. The summed E-state index contributed by atoms with van der Waals surface area (Å²) in [6.07, 6.45) is 2.06. The lowest BCUT2D eigenvalue weighted by atomic mass is 9.87. The highest BCUT2D eigenvalue weighted by molar-refractivity contribution is 7.98. The van der Waals surface area contributed by atoms with E-state index in [0.29, 0.717) is 5.70 Å². The zero-order chi connectivity index (χ0) is 21.4. The molecular formula is C25H23N4OS+. The highest BCUT2D eigenvalue weighted by atomic mass is 32.2. The number of fused-ring (bicyclic) bond motifs is 3. The lowest BCUT2D eigenvalue weighted by Gasteiger charge is -2.30. The summed E-state index contributed by atoms with van der Waals surface area (Å²) in [6.45, 7) is 4.23. The van der Waals surface area contributed by atoms with Gasteiger partial charge in [0.1, 0.15) is 23.0 Å². The van der Waals surface area contributed by atoms with Gasteiger partial charge in [0.25, 0.3) is 0 Å². The Morgan fingerprint density at radius 3 is 2.45 bits per heavy atom. The number of nitrogens with zero attached hydrogens (tertiary/aromatic N) is 1. The number of hydrogen-bond donors (Lipinski definition) is 3. The molecule has 3 aromatic carbocycles. The number of amides is 1. The molecule has 154 valence electrons. The molecule has 1 aliphatic heterocycles. The van der Waals surface area contributed by atoms with E-state index < -0.39 is 5.92 Å². The number of imidazole rings is 1. The number of H-pyrrole nitrogens is 1. The smallest absolute Gasteiger partial charge is 0.325 e. The standard InChI is InChI=1S/C25H22N4OS/c1-16-22(24(30)27-18-8-4-3-5-9-18)23(17-12-14-19(31-2)15-13-17)29-21-11-7-6-10-20(21)28-25(29)26-16/h3-15,22-23H,1H2,2H3,(H2,26,27,28,30)/p+1. The number of benzene rings is 3. The van der Waals surface area contributed by atoms with Crippen LogP contribution in [0.25, 0.3) is 11.0 Å². The van der Waals surface area contributed by atoms with Gasteiger partial charge in [0.15, 0.2) is 0 Å². The van der Waals surface area contributed by atoms with E-state index in [-0.39, 0.29) is 11.9 Å². The van der Waals surface area contributed by atoms with Gasteiger partial charge in [0, 0.05) is 10.6 Å². The van der Waals surface area contributed by atoms with Gasteiger partial charge in [-0.25, -0.2) is 14.9 Å². The second kappa shape index (κ2) is 7.96. The summed E-state index contributed by atoms with van der Waals surface area (Å²) in [5.74, 6) is 0.247. The molecule has 2 unspecified atom stereocenters. The van der Waals surface area contributed by atoms with Gasteiger partial charge in [-0.3, -0.25) is 4.79 Å². The van der Waals surface area contributed by atoms with Gasteiger partial charge in [-0.1, -0.05) is 49.0 Å². The molecule has 3 N–H and O–H groups in total. The predicted octanol–water partition coefficient (Wildman–Crippen LogP) is 4.96. The van der Waals surface area contributed by atoms with Gasteiger partial charge in [-0.15, -0.1) is 11.8 Å². The Kier molecular flexibility index (Phi) is 5.00. The maximum Gasteiger partial charge on any atom is 0.361 e. The molecule has 5 nitrogen and oxygen atoms in total. The quantitative estimate of drug-likeness (QED) is 0.319. The van der Waals surface area contributed by atoms with E-state index in [4.69, 9.17) is 0 Å². The van der Waals surface area contributed by atoms with E-state index in [1.165, 1.54) is 4.90 Å². The number of anilines is 2. The van der Waals surface area contributed by atoms with Gasteiger partial charge in [-0.2, -0.15) is 0 Å². The van der Waals surface area contributed by atoms with Crippen molar-refractivity contribution in [1.29, 1.82) is 0 Å². The third-order valence-corrected chi connectivity index (χ3v) is 6.43. The zero-order valence-corrected chi connectivity index (χ0v) is 17.9. The molecule has 0 saturated heterocycles. The molecule has 0 fully saturated rings. The van der Waals surface area contributed by atoms with E-state index >= 15 is 0 Å². The summed E-state index contributed by atoms with van der Waals surface area (Å²) in [5, 5.41) is 6.40. The maximum atomic E-state index is 13.5. The summed E-state index contributed by atoms with van der Waals surface area (Å²) in [4.78, 5) is 18.1. The Morgan fingerprint density at radius 1 is 1.00 bits per heavy atom. The van der Waals surface area contributed by atoms with Crippen molar-refractivity contribution in [1.82, 2.24) is 4.98 Å². The second-order valence-electron chi connectivity index (χ2n) is 7.56. The average Bonchev–Trinajstić information content (AvgIpc) is 3.16. The van der Waals surface area contributed by atoms with Crippen molar-refractivity contribution in [2.45, 2.75) is 10.9 Å². The maximum absolute atomic E-state index is 13.5. The molecule has 1 aliphatic rings. The molecule has 31 heavy (non-hydrogen) atoms. The summed E-state index contributed by atoms with van der Waals surface area (Å²) in [6, 6.07) is 25.8. The first-order valence-corrected chi connectivity index (χ1v) is 11.4. The fourth-order valence-corrected chi connectivity index (χ4v) is 4.64. The van der Waals surface area contributed by atoms with Crippen LogP contribution in [0.3, 0.4) is 0 Å². The van der Waals surface area contributed by atoms with Gasteiger partial charge in [0.05, 0.1) is 5.70 Å². The SMILES string of the molecule is C=C1Nc2[nH]c3ccccc3[n+]2C(c2ccc(SC)cc2)C1C(=O)Nc1ccccc1. The van der Waals surface area contributed by atoms with Crippen LogP contribution in [0.5, 0.6) is 0 Å². The fourth-order valence-electron chi connectivity index (χ4n) is 4.23. The molecule has 0 spiro atoms. The van der Waals surface area contributed by atoms with Crippen LogP contribution in [0.4, 0.5) is 11.6 Å². The monoisotopic (exact) mass is 427 g/mol. The molecule has 0 radical (unpaired) electrons. The molecule has 0 saturated carbocycles. The first-order chi connectivity index (χ1) is 15.2. The van der Waals surface area contributed by atoms with Gasteiger partial charge >= 0.3 is 5.95 Å². The van der Waals surface area contributed by atoms with E-state index in [1.54, 1.807) is 11.8 Å². The number of rotatable bonds is 4. The fraction of sp³-hybridized carbons (Fsp3) is 0.120. The van der Waals surface area contributed by atoms with Crippen LogP contribution in [0.1, 0.15) is 11.6 Å². The third kappa shape index (κ3) is 3.49. The van der Waals surface area contributed by atoms with Crippen molar-refractivity contribution in [2.75, 3.05) is 16.9 Å². The Balaban J connectivity index is 1.65. The number of thioether (sulfide) groups is 1. The molecule has 4 aromatic rings. The Hall–Kier alpha value is -3.51. The number of carbonyl (C=O) groups excluding carboxylic acids is 1. The van der Waals surface area contributed by atoms with Crippen LogP contribution < -0.4 is 15.2 Å². The second-order valence-corrected chi connectivity index (χ2v) is 8.44. The van der Waals surface area contributed by atoms with Crippen LogP contribution in [0.15, 0.2) is 96.0 Å². The third-order valence-electron chi connectivity index (χ3n) is 5.69. The molecule has 5 rings (SSSR count). The first-order valence-electron chi connectivity index (χ1n) is 10.1. The predicted molar refractivity (Wildman–Crippen MR) is 126 cm³/mol. The highest BCUT2D eigenvalue weighted by Gasteiger charge is 2.44. The molecule has 6 heteroatoms. The van der Waals surface area contributed by atoms with E-state index in [2.05, 4.69) is 63.4 Å². The lowest BCUT2D eigenvalue weighted by Crippen LogP contribution is -2.53. The number of hydrogen-bond acceptors (Lipinski definition) is 3. The number of nitrogens with one attached hydrogen (secondary N) is 3. The van der Waals surface area contributed by atoms with Crippen molar-refractivity contribution in [3.63, 3.8) is 0 Å². The topological polar surface area (TPSA) is 60.8 Å². The zero-order valence-electron chi connectivity index (χ0n) is 17.1. The molecular weight excluding hydrogens is 404 g/mol. The minimum absolute atomic E-state index is 0.0916. The molecule has 1 aromatic heterocycles. The Labute approximate surface area is 185 Å². The summed E-state index contributed by atoms with van der Waals surface area (Å²) in [5.41, 5.74) is 4.54. The van der Waals surface area contributed by atoms with Crippen molar-refractivity contribution in [3.8, 4) is 0 Å². The van der Waals surface area contributed by atoms with Crippen LogP contribution in [0, 0.1) is 5.92 Å². The van der Waals surface area contributed by atoms with E-state index in [0.717, 1.165) is 28.2 Å². The van der Waals surface area contributed by atoms with Crippen molar-refractivity contribution in [3.05, 3.63) is 96.7 Å². The number of aromatic nitrogens is 2. The lowest BCUT2D eigenvalue weighted by molar-refractivity contribution is -0.681. The molecule has 0 aliphatic carbocycles. The van der Waals surface area contributed by atoms with E-state index in [1.807, 2.05) is 48.5 Å². The van der Waals surface area contributed by atoms with Crippen LogP contribution in [-0.4, -0.2) is 17.1 Å². The molecule has 2 heterocycles. The van der Waals surface area contributed by atoms with Crippen LogP contribution in [0.2, 0.25) is 0 Å². The minimum Gasteiger partial charge on any atom is -0.325 e. The molecule has 2 atom stereocenters. The average molecular weight is 428 g/mol. The van der Waals surface area contributed by atoms with Crippen LogP contribution in [-0.2, 0) is 4.79 Å².